The first-order valence-corrected chi connectivity index (χ1v) is 12.1. The zero-order chi connectivity index (χ0) is 30.9. The molecule has 9 nitrogen and oxygen atoms in total. The Kier molecular flexibility index (Phi) is 8.31. The predicted molar refractivity (Wildman–Crippen MR) is 136 cm³/mol. The van der Waals surface area contributed by atoms with E-state index < -0.39 is 77.2 Å². The Hall–Kier alpha value is -4.82. The number of ether oxygens (including phenoxy) is 2. The maximum Gasteiger partial charge on any atom is 0.573 e. The highest BCUT2D eigenvalue weighted by atomic mass is 19.4. The van der Waals surface area contributed by atoms with Gasteiger partial charge >= 0.3 is 6.36 Å². The fourth-order valence-electron chi connectivity index (χ4n) is 4.37. The maximum atomic E-state index is 15.2. The van der Waals surface area contributed by atoms with E-state index in [1.165, 1.54) is 27.1 Å². The molecule has 1 aliphatic heterocycles. The van der Waals surface area contributed by atoms with Crippen molar-refractivity contribution >= 4 is 29.4 Å². The van der Waals surface area contributed by atoms with Gasteiger partial charge in [0.25, 0.3) is 11.8 Å². The Bertz CT molecular complexity index is 1510. The van der Waals surface area contributed by atoms with E-state index >= 15 is 8.78 Å². The Morgan fingerprint density at radius 2 is 1.62 bits per heavy atom. The van der Waals surface area contributed by atoms with Gasteiger partial charge in [0.1, 0.15) is 35.0 Å². The molecule has 1 unspecified atom stereocenters. The summed E-state index contributed by atoms with van der Waals surface area (Å²) in [5, 5.41) is 2.35. The van der Waals surface area contributed by atoms with Gasteiger partial charge in [-0.3, -0.25) is 19.3 Å². The van der Waals surface area contributed by atoms with Crippen molar-refractivity contribution < 1.29 is 50.2 Å². The van der Waals surface area contributed by atoms with Gasteiger partial charge in [-0.1, -0.05) is 0 Å². The monoisotopic (exact) mass is 596 g/mol. The molecule has 1 aromatic heterocycles. The highest BCUT2D eigenvalue weighted by molar-refractivity contribution is 6.05. The van der Waals surface area contributed by atoms with Crippen LogP contribution in [0.5, 0.6) is 11.5 Å². The molecular weight excluding hydrogens is 574 g/mol. The van der Waals surface area contributed by atoms with Gasteiger partial charge in [-0.15, -0.1) is 13.2 Å². The quantitative estimate of drug-likeness (QED) is 0.408. The van der Waals surface area contributed by atoms with Crippen LogP contribution in [0.15, 0.2) is 48.5 Å². The average molecular weight is 596 g/mol. The number of rotatable bonds is 7. The number of hydrogen-bond donors (Lipinski definition) is 1. The minimum atomic E-state index is -4.97. The molecule has 1 N–H and O–H groups in total. The van der Waals surface area contributed by atoms with E-state index in [0.29, 0.717) is 0 Å². The number of nitrogens with one attached hydrogen (secondary N) is 1. The molecule has 1 aliphatic rings. The summed E-state index contributed by atoms with van der Waals surface area (Å²) >= 11 is 0. The van der Waals surface area contributed by atoms with E-state index in [1.807, 2.05) is 0 Å². The lowest BCUT2D eigenvalue weighted by atomic mass is 9.92. The number of methoxy groups -OCH3 is 1. The highest BCUT2D eigenvalue weighted by Gasteiger charge is 2.46. The molecule has 2 aromatic carbocycles. The number of nitrogens with zero attached hydrogens (tertiary/aromatic N) is 3. The second-order valence-electron chi connectivity index (χ2n) is 9.14. The predicted octanol–water partition coefficient (Wildman–Crippen LogP) is 4.32. The molecule has 0 aliphatic carbocycles. The van der Waals surface area contributed by atoms with Crippen molar-refractivity contribution in [2.45, 2.75) is 25.2 Å². The molecule has 2 heterocycles. The lowest BCUT2D eigenvalue weighted by Gasteiger charge is -2.20. The molecule has 0 radical (unpaired) electrons. The van der Waals surface area contributed by atoms with Crippen LogP contribution in [0.2, 0.25) is 0 Å². The van der Waals surface area contributed by atoms with Crippen molar-refractivity contribution in [2.24, 2.45) is 0 Å². The Morgan fingerprint density at radius 1 is 1.00 bits per heavy atom. The molecule has 2 atom stereocenters. The van der Waals surface area contributed by atoms with Crippen molar-refractivity contribution in [1.29, 1.82) is 0 Å². The van der Waals surface area contributed by atoms with Crippen molar-refractivity contribution in [3.63, 3.8) is 0 Å². The number of benzene rings is 2. The van der Waals surface area contributed by atoms with Crippen LogP contribution in [0, 0.1) is 17.5 Å². The third-order valence-corrected chi connectivity index (χ3v) is 6.49. The standard InChI is InChI=1S/C27H22F6N4O5/c1-13(38)36(2)21-9-8-18(28)24(34-21)37-12-17(22-19(29)10-16(41-3)11-20(22)30)23(26(37)40)35-25(39)14-4-6-15(7-5-14)42-27(31,32)33/h4-11,17,23H,12H2,1-3H3,(H,35,39)/t17-,23?/m0/s1. The minimum absolute atomic E-state index is 0.0290. The zero-order valence-corrected chi connectivity index (χ0v) is 22.1. The fourth-order valence-corrected chi connectivity index (χ4v) is 4.37. The molecule has 3 amide bonds. The van der Waals surface area contributed by atoms with E-state index in [1.54, 1.807) is 0 Å². The second kappa shape index (κ2) is 11.6. The van der Waals surface area contributed by atoms with Gasteiger partial charge in [0.2, 0.25) is 5.91 Å². The smallest absolute Gasteiger partial charge is 0.497 e. The van der Waals surface area contributed by atoms with Gasteiger partial charge in [0.05, 0.1) is 7.11 Å². The number of aromatic nitrogens is 1. The van der Waals surface area contributed by atoms with Crippen LogP contribution >= 0.6 is 0 Å². The summed E-state index contributed by atoms with van der Waals surface area (Å²) in [4.78, 5) is 44.3. The van der Waals surface area contributed by atoms with Crippen LogP contribution in [0.25, 0.3) is 0 Å². The van der Waals surface area contributed by atoms with E-state index in [-0.39, 0.29) is 17.1 Å². The van der Waals surface area contributed by atoms with Crippen molar-refractivity contribution in [2.75, 3.05) is 30.5 Å². The lowest BCUT2D eigenvalue weighted by Crippen LogP contribution is -2.44. The van der Waals surface area contributed by atoms with Crippen LogP contribution < -0.4 is 24.6 Å². The Balaban J connectivity index is 1.73. The van der Waals surface area contributed by atoms with Crippen LogP contribution in [0.4, 0.5) is 38.0 Å². The maximum absolute atomic E-state index is 15.2. The highest BCUT2D eigenvalue weighted by Crippen LogP contribution is 2.37. The summed E-state index contributed by atoms with van der Waals surface area (Å²) in [5.41, 5.74) is -0.817. The molecule has 15 heteroatoms. The Labute approximate surface area is 234 Å². The number of carbonyl (C=O) groups is 3. The van der Waals surface area contributed by atoms with Gasteiger partial charge in [0.15, 0.2) is 11.6 Å². The molecule has 1 fully saturated rings. The number of pyridine rings is 1. The first-order chi connectivity index (χ1) is 19.7. The average Bonchev–Trinajstić information content (AvgIpc) is 3.22. The summed E-state index contributed by atoms with van der Waals surface area (Å²) in [6, 6.07) is 5.90. The normalized spacial score (nSPS) is 16.8. The largest absolute Gasteiger partial charge is 0.573 e. The van der Waals surface area contributed by atoms with E-state index in [0.717, 1.165) is 52.3 Å². The summed E-state index contributed by atoms with van der Waals surface area (Å²) in [6.45, 7) is 0.684. The summed E-state index contributed by atoms with van der Waals surface area (Å²) in [7, 11) is 2.54. The second-order valence-corrected chi connectivity index (χ2v) is 9.14. The first-order valence-electron chi connectivity index (χ1n) is 12.1. The molecular formula is C27H22F6N4O5. The zero-order valence-electron chi connectivity index (χ0n) is 22.1. The third kappa shape index (κ3) is 6.24. The molecule has 4 rings (SSSR count). The van der Waals surface area contributed by atoms with Gasteiger partial charge in [-0.25, -0.2) is 18.2 Å². The van der Waals surface area contributed by atoms with Crippen LogP contribution in [0.1, 0.15) is 28.8 Å². The number of hydrogen-bond acceptors (Lipinski definition) is 6. The number of halogens is 6. The molecule has 42 heavy (non-hydrogen) atoms. The fraction of sp³-hybridized carbons (Fsp3) is 0.259. The third-order valence-electron chi connectivity index (χ3n) is 6.49. The van der Waals surface area contributed by atoms with E-state index in [4.69, 9.17) is 4.74 Å². The molecule has 3 aromatic rings. The molecule has 222 valence electrons. The summed E-state index contributed by atoms with van der Waals surface area (Å²) in [5.74, 6) is -8.43. The van der Waals surface area contributed by atoms with Crippen LogP contribution in [-0.2, 0) is 9.59 Å². The van der Waals surface area contributed by atoms with Crippen LogP contribution in [-0.4, -0.2) is 55.8 Å². The van der Waals surface area contributed by atoms with E-state index in [2.05, 4.69) is 15.0 Å². The number of amides is 3. The van der Waals surface area contributed by atoms with Crippen LogP contribution in [0.3, 0.4) is 0 Å². The summed E-state index contributed by atoms with van der Waals surface area (Å²) < 4.78 is 91.3. The first kappa shape index (κ1) is 30.1. The van der Waals surface area contributed by atoms with Crippen molar-refractivity contribution in [3.05, 3.63) is 77.1 Å². The number of carbonyl (C=O) groups excluding carboxylic acids is 3. The molecule has 0 saturated carbocycles. The minimum Gasteiger partial charge on any atom is -0.497 e. The summed E-state index contributed by atoms with van der Waals surface area (Å²) in [6.07, 6.45) is -4.97. The van der Waals surface area contributed by atoms with Crippen molar-refractivity contribution in [1.82, 2.24) is 10.3 Å². The molecule has 1 saturated heterocycles. The SMILES string of the molecule is COc1cc(F)c([C@@H]2CN(c3nc(N(C)C(C)=O)ccc3F)C(=O)C2NC(=O)c2ccc(OC(F)(F)F)cc2)c(F)c1. The topological polar surface area (TPSA) is 101 Å². The molecule has 0 spiro atoms. The van der Waals surface area contributed by atoms with Gasteiger partial charge < -0.3 is 19.7 Å². The van der Waals surface area contributed by atoms with E-state index in [9.17, 15) is 31.9 Å². The Morgan fingerprint density at radius 3 is 2.17 bits per heavy atom. The van der Waals surface area contributed by atoms with Crippen molar-refractivity contribution in [3.8, 4) is 11.5 Å². The lowest BCUT2D eigenvalue weighted by molar-refractivity contribution is -0.274. The number of alkyl halides is 3. The van der Waals surface area contributed by atoms with Gasteiger partial charge in [0, 0.05) is 49.7 Å². The van der Waals surface area contributed by atoms with Gasteiger partial charge in [-0.05, 0) is 36.4 Å². The number of anilines is 2. The van der Waals surface area contributed by atoms with Gasteiger partial charge in [-0.2, -0.15) is 0 Å². The molecule has 0 bridgehead atoms.